The van der Waals surface area contributed by atoms with Crippen LogP contribution < -0.4 is 19.5 Å². The van der Waals surface area contributed by atoms with Gasteiger partial charge in [-0.1, -0.05) is 60.9 Å². The van der Waals surface area contributed by atoms with E-state index in [0.717, 1.165) is 42.2 Å². The molecule has 1 N–H and O–H groups in total. The maximum Gasteiger partial charge on any atom is 0.333 e. The van der Waals surface area contributed by atoms with E-state index in [1.165, 1.54) is 57.9 Å². The fourth-order valence-electron chi connectivity index (χ4n) is 4.70. The minimum Gasteiger partial charge on any atom is -0.493 e. The Morgan fingerprint density at radius 1 is 1.04 bits per heavy atom. The minimum atomic E-state index is -0.981. The van der Waals surface area contributed by atoms with Crippen LogP contribution in [-0.4, -0.2) is 55.9 Å². The molecule has 13 heteroatoms. The van der Waals surface area contributed by atoms with Gasteiger partial charge in [0.05, 0.1) is 13.7 Å². The number of allylic oxidation sites excluding steroid dienone is 3. The molecule has 2 aromatic carbocycles. The molecule has 0 saturated heterocycles. The number of methoxy groups -OCH3 is 1. The molecule has 0 heterocycles. The van der Waals surface area contributed by atoms with Gasteiger partial charge in [-0.15, -0.1) is 10.1 Å². The Hall–Kier alpha value is -4.84. The van der Waals surface area contributed by atoms with E-state index in [9.17, 15) is 24.5 Å². The lowest BCUT2D eigenvalue weighted by atomic mass is 10.1. The van der Waals surface area contributed by atoms with Crippen molar-refractivity contribution in [2.45, 2.75) is 71.3 Å². The highest BCUT2D eigenvalue weighted by Crippen LogP contribution is 2.29. The first-order chi connectivity index (χ1) is 24.1. The second-order valence-corrected chi connectivity index (χ2v) is 11.6. The highest BCUT2D eigenvalue weighted by molar-refractivity contribution is 6.30. The van der Waals surface area contributed by atoms with Crippen LogP contribution in [0.1, 0.15) is 70.8 Å². The smallest absolute Gasteiger partial charge is 0.333 e. The van der Waals surface area contributed by atoms with Crippen LogP contribution in [0.3, 0.4) is 0 Å². The highest BCUT2D eigenvalue weighted by atomic mass is 35.5. The van der Waals surface area contributed by atoms with Gasteiger partial charge in [-0.05, 0) is 93.8 Å². The highest BCUT2D eigenvalue weighted by Gasteiger charge is 2.19. The molecule has 2 aromatic rings. The van der Waals surface area contributed by atoms with Crippen LogP contribution >= 0.6 is 11.6 Å². The summed E-state index contributed by atoms with van der Waals surface area (Å²) in [5.74, 6) is 0.447. The summed E-state index contributed by atoms with van der Waals surface area (Å²) in [7, 11) is 1.39. The van der Waals surface area contributed by atoms with E-state index in [1.54, 1.807) is 6.07 Å². The number of nitrogens with zero attached hydrogens (tertiary/aromatic N) is 1. The molecule has 12 nitrogen and oxygen atoms in total. The number of carbonyl (C=O) groups is 3. The number of benzene rings is 2. The lowest BCUT2D eigenvalue weighted by molar-refractivity contribution is -0.757. The molecule has 3 rings (SSSR count). The van der Waals surface area contributed by atoms with E-state index in [4.69, 9.17) is 30.5 Å². The van der Waals surface area contributed by atoms with Crippen molar-refractivity contribution in [3.8, 4) is 17.2 Å². The summed E-state index contributed by atoms with van der Waals surface area (Å²) in [6.45, 7) is 3.52. The molecule has 0 radical (unpaired) electrons. The van der Waals surface area contributed by atoms with Crippen LogP contribution in [0.25, 0.3) is 6.08 Å². The fraction of sp³-hybridized carbons (Fsp3) is 0.432. The normalized spacial score (nSPS) is 13.4. The Bertz CT molecular complexity index is 1450. The minimum absolute atomic E-state index is 0.147. The summed E-state index contributed by atoms with van der Waals surface area (Å²) in [5.41, 5.74) is 0.549. The van der Waals surface area contributed by atoms with E-state index in [1.807, 2.05) is 43.3 Å². The van der Waals surface area contributed by atoms with Crippen molar-refractivity contribution in [2.24, 2.45) is 5.92 Å². The van der Waals surface area contributed by atoms with Gasteiger partial charge < -0.3 is 29.1 Å². The number of ether oxygens (including phenoxy) is 4. The zero-order chi connectivity index (χ0) is 36.6. The van der Waals surface area contributed by atoms with Crippen LogP contribution in [0.5, 0.6) is 17.2 Å². The first-order valence-electron chi connectivity index (χ1n) is 16.6. The van der Waals surface area contributed by atoms with Crippen LogP contribution in [-0.2, 0) is 24.0 Å². The van der Waals surface area contributed by atoms with E-state index < -0.39 is 23.1 Å². The predicted octanol–water partition coefficient (Wildman–Crippen LogP) is 7.47. The average Bonchev–Trinajstić information content (AvgIpc) is 3.62. The Kier molecular flexibility index (Phi) is 20.1. The topological polar surface area (TPSA) is 153 Å². The van der Waals surface area contributed by atoms with Crippen LogP contribution in [0.4, 0.5) is 0 Å². The van der Waals surface area contributed by atoms with Gasteiger partial charge in [-0.2, -0.15) is 0 Å². The number of hydrogen-bond acceptors (Lipinski definition) is 10. The van der Waals surface area contributed by atoms with Gasteiger partial charge in [0, 0.05) is 17.5 Å². The summed E-state index contributed by atoms with van der Waals surface area (Å²) >= 11 is 5.88. The van der Waals surface area contributed by atoms with Crippen molar-refractivity contribution in [1.29, 1.82) is 0 Å². The van der Waals surface area contributed by atoms with Gasteiger partial charge in [0.25, 0.3) is 5.09 Å². The molecule has 1 aliphatic rings. The lowest BCUT2D eigenvalue weighted by Crippen LogP contribution is -2.40. The first-order valence-corrected chi connectivity index (χ1v) is 17.0. The molecule has 0 bridgehead atoms. The van der Waals surface area contributed by atoms with Gasteiger partial charge in [-0.25, -0.2) is 9.59 Å². The number of rotatable bonds is 19. The van der Waals surface area contributed by atoms with Crippen LogP contribution in [0.2, 0.25) is 5.02 Å². The zero-order valence-electron chi connectivity index (χ0n) is 28.8. The predicted molar refractivity (Wildman–Crippen MR) is 191 cm³/mol. The molecule has 1 saturated carbocycles. The molecule has 1 unspecified atom stereocenters. The number of unbranched alkanes of at least 4 members (excludes halogenated alkanes) is 1. The molecule has 50 heavy (non-hydrogen) atoms. The van der Waals surface area contributed by atoms with Gasteiger partial charge in [-0.3, -0.25) is 4.79 Å². The molecule has 272 valence electrons. The van der Waals surface area contributed by atoms with Gasteiger partial charge in [0.1, 0.15) is 25.0 Å². The second kappa shape index (κ2) is 24.3. The molecule has 1 fully saturated rings. The molecule has 0 aromatic heterocycles. The molecule has 0 spiro atoms. The Balaban J connectivity index is 0.000000423. The van der Waals surface area contributed by atoms with Gasteiger partial charge in [0.2, 0.25) is 5.91 Å². The van der Waals surface area contributed by atoms with Gasteiger partial charge >= 0.3 is 11.9 Å². The van der Waals surface area contributed by atoms with Crippen LogP contribution in [0.15, 0.2) is 72.8 Å². The number of hydrogen-bond donors (Lipinski definition) is 1. The molecule has 1 amide bonds. The summed E-state index contributed by atoms with van der Waals surface area (Å²) in [6, 6.07) is 11.3. The summed E-state index contributed by atoms with van der Waals surface area (Å²) in [4.78, 5) is 49.9. The van der Waals surface area contributed by atoms with Crippen molar-refractivity contribution >= 4 is 35.5 Å². The number of esters is 2. The Morgan fingerprint density at radius 2 is 1.82 bits per heavy atom. The Morgan fingerprint density at radius 3 is 2.52 bits per heavy atom. The number of nitrogens with one attached hydrogen (secondary N) is 1. The maximum absolute atomic E-state index is 12.3. The van der Waals surface area contributed by atoms with Crippen molar-refractivity contribution in [1.82, 2.24) is 5.32 Å². The molecular weight excluding hydrogens is 668 g/mol. The molecule has 0 aliphatic heterocycles. The van der Waals surface area contributed by atoms with E-state index in [-0.39, 0.29) is 30.6 Å². The third-order valence-electron chi connectivity index (χ3n) is 7.23. The number of carbonyl (C=O) groups excluding carboxylic acids is 3. The lowest BCUT2D eigenvalue weighted by Gasteiger charge is -2.15. The maximum atomic E-state index is 12.3. The molecule has 1 atom stereocenters. The van der Waals surface area contributed by atoms with Crippen LogP contribution in [0, 0.1) is 16.0 Å². The summed E-state index contributed by atoms with van der Waals surface area (Å²) < 4.78 is 20.9. The van der Waals surface area contributed by atoms with Crippen molar-refractivity contribution in [2.75, 3.05) is 26.9 Å². The fourth-order valence-corrected chi connectivity index (χ4v) is 4.88. The standard InChI is InChI=1S/C22H28N2O9.C15H19ClO/c1-4-5-6-7-8-20(25)23-16(2)22(27)33-18-11-9-17(15-19(18)30-3)10-12-21(26)31-13-14-32-24(28)29;16-14-9-5-10-15(12-14)17-11-4-3-8-13-6-1-2-7-13/h4-5,9-12,15-16H,6-8,13-14H2,1-3H3,(H,23,25);3,5,8-10,12-13H,1-2,4,6-7,11H2/b5-4-,12-10+;8-3+. The van der Waals surface area contributed by atoms with E-state index >= 15 is 0 Å². The second-order valence-electron chi connectivity index (χ2n) is 11.2. The summed E-state index contributed by atoms with van der Waals surface area (Å²) in [6.07, 6.45) is 19.3. The van der Waals surface area contributed by atoms with E-state index in [2.05, 4.69) is 22.3 Å². The zero-order valence-corrected chi connectivity index (χ0v) is 29.6. The number of amides is 1. The summed E-state index contributed by atoms with van der Waals surface area (Å²) in [5, 5.41) is 12.4. The quantitative estimate of drug-likeness (QED) is 0.0295. The molecule has 1 aliphatic carbocycles. The van der Waals surface area contributed by atoms with Crippen molar-refractivity contribution in [3.05, 3.63) is 93.5 Å². The third-order valence-corrected chi connectivity index (χ3v) is 7.47. The first kappa shape index (κ1) is 41.3. The molecular formula is C37H47ClN2O10. The van der Waals surface area contributed by atoms with Gasteiger partial charge in [0.15, 0.2) is 11.5 Å². The van der Waals surface area contributed by atoms with Crippen molar-refractivity contribution in [3.63, 3.8) is 0 Å². The Labute approximate surface area is 298 Å². The largest absolute Gasteiger partial charge is 0.493 e. The monoisotopic (exact) mass is 714 g/mol. The number of halogens is 1. The SMILES string of the molecule is C/C=C\CCCC(=O)NC(C)C(=O)Oc1ccc(/C=C/C(=O)OCCO[N+](=O)[O-])cc1OC.Clc1cccc(OCC/C=C/C2CCCC2)c1. The van der Waals surface area contributed by atoms with E-state index in [0.29, 0.717) is 18.4 Å². The third kappa shape index (κ3) is 18.1. The average molecular weight is 715 g/mol. The van der Waals surface area contributed by atoms with Crippen molar-refractivity contribution < 1.29 is 43.3 Å².